The molecule has 1 saturated heterocycles. The van der Waals surface area contributed by atoms with Gasteiger partial charge in [-0.2, -0.15) is 0 Å². The lowest BCUT2D eigenvalue weighted by Crippen LogP contribution is -2.31. The molecule has 0 unspecified atom stereocenters. The molecule has 1 amide bonds. The molecule has 0 radical (unpaired) electrons. The lowest BCUT2D eigenvalue weighted by atomic mass is 10.1. The minimum atomic E-state index is -3.97. The number of amides is 1. The molecule has 1 aliphatic heterocycles. The van der Waals surface area contributed by atoms with Gasteiger partial charge in [0.25, 0.3) is 15.9 Å². The predicted octanol–water partition coefficient (Wildman–Crippen LogP) is 1.75. The van der Waals surface area contributed by atoms with Crippen LogP contribution in [-0.4, -0.2) is 63.0 Å². The Balaban J connectivity index is 1.21. The number of rotatable bonds is 9. The number of aromatic nitrogens is 2. The van der Waals surface area contributed by atoms with Gasteiger partial charge in [-0.3, -0.25) is 9.59 Å². The molecule has 2 heterocycles. The summed E-state index contributed by atoms with van der Waals surface area (Å²) in [5, 5.41) is 2.64. The molecular formula is C25H28N6O5S. The van der Waals surface area contributed by atoms with Gasteiger partial charge in [0.1, 0.15) is 0 Å². The van der Waals surface area contributed by atoms with Crippen molar-refractivity contribution in [3.63, 3.8) is 0 Å². The van der Waals surface area contributed by atoms with E-state index in [1.54, 1.807) is 53.7 Å². The van der Waals surface area contributed by atoms with Crippen LogP contribution in [0.5, 0.6) is 0 Å². The van der Waals surface area contributed by atoms with Crippen molar-refractivity contribution in [3.05, 3.63) is 78.6 Å². The summed E-state index contributed by atoms with van der Waals surface area (Å²) < 4.78 is 24.2. The summed E-state index contributed by atoms with van der Waals surface area (Å²) in [5.74, 6) is -0.424. The summed E-state index contributed by atoms with van der Waals surface area (Å²) >= 11 is 0. The molecule has 4 rings (SSSR count). The molecule has 1 fully saturated rings. The van der Waals surface area contributed by atoms with Crippen LogP contribution in [0.15, 0.2) is 78.0 Å². The van der Waals surface area contributed by atoms with Gasteiger partial charge in [0.15, 0.2) is 0 Å². The number of sulfonamides is 1. The maximum atomic E-state index is 12.5. The van der Waals surface area contributed by atoms with Gasteiger partial charge in [-0.05, 0) is 53.8 Å². The lowest BCUT2D eigenvalue weighted by molar-refractivity contribution is -0.146. The molecule has 1 aromatic heterocycles. The predicted molar refractivity (Wildman–Crippen MR) is 137 cm³/mol. The molecule has 0 bridgehead atoms. The van der Waals surface area contributed by atoms with E-state index in [9.17, 15) is 18.0 Å². The molecule has 2 N–H and O–H groups in total. The molecule has 12 heteroatoms. The van der Waals surface area contributed by atoms with Gasteiger partial charge < -0.3 is 20.0 Å². The van der Waals surface area contributed by atoms with Crippen LogP contribution < -0.4 is 20.0 Å². The number of hydrogen-bond donors (Lipinski definition) is 2. The van der Waals surface area contributed by atoms with Crippen molar-refractivity contribution in [1.82, 2.24) is 20.2 Å². The van der Waals surface area contributed by atoms with E-state index in [2.05, 4.69) is 29.9 Å². The number of benzene rings is 2. The first-order chi connectivity index (χ1) is 17.9. The number of anilines is 2. The van der Waals surface area contributed by atoms with E-state index in [-0.39, 0.29) is 23.8 Å². The monoisotopic (exact) mass is 524 g/mol. The maximum Gasteiger partial charge on any atom is 0.327 e. The van der Waals surface area contributed by atoms with Crippen LogP contribution in [0, 0.1) is 0 Å². The number of nitrogens with zero attached hydrogens (tertiary/aromatic N) is 4. The number of carbonyl (C=O) groups is 2. The second kappa shape index (κ2) is 12.3. The number of nitrogens with one attached hydrogen (secondary N) is 2. The van der Waals surface area contributed by atoms with Crippen molar-refractivity contribution in [2.24, 2.45) is 0 Å². The van der Waals surface area contributed by atoms with Crippen LogP contribution in [0.25, 0.3) is 0 Å². The van der Waals surface area contributed by atoms with Gasteiger partial charge in [0.05, 0.1) is 11.3 Å². The zero-order valence-corrected chi connectivity index (χ0v) is 20.9. The summed E-state index contributed by atoms with van der Waals surface area (Å²) in [5.41, 5.74) is 1.47. The van der Waals surface area contributed by atoms with E-state index < -0.39 is 16.0 Å². The van der Waals surface area contributed by atoms with E-state index >= 15 is 0 Å². The van der Waals surface area contributed by atoms with Gasteiger partial charge >= 0.3 is 5.97 Å². The normalized spacial score (nSPS) is 14.1. The van der Waals surface area contributed by atoms with Gasteiger partial charge in [-0.1, -0.05) is 18.2 Å². The minimum Gasteiger partial charge on any atom is -0.370 e. The second-order valence-electron chi connectivity index (χ2n) is 8.30. The molecule has 0 saturated carbocycles. The number of hydrogen-bond acceptors (Lipinski definition) is 9. The Bertz CT molecular complexity index is 1290. The van der Waals surface area contributed by atoms with Gasteiger partial charge in [-0.15, -0.1) is 0 Å². The second-order valence-corrected chi connectivity index (χ2v) is 9.95. The van der Waals surface area contributed by atoms with E-state index in [4.69, 9.17) is 0 Å². The fourth-order valence-corrected chi connectivity index (χ4v) is 4.65. The van der Waals surface area contributed by atoms with Crippen molar-refractivity contribution in [3.8, 4) is 0 Å². The lowest BCUT2D eigenvalue weighted by Gasteiger charge is -2.23. The fraction of sp³-hybridized carbons (Fsp3) is 0.280. The Hall–Kier alpha value is -4.03. The molecule has 194 valence electrons. The van der Waals surface area contributed by atoms with Gasteiger partial charge in [0, 0.05) is 56.4 Å². The highest BCUT2D eigenvalue weighted by Crippen LogP contribution is 2.19. The molecule has 37 heavy (non-hydrogen) atoms. The van der Waals surface area contributed by atoms with E-state index in [0.29, 0.717) is 5.56 Å². The van der Waals surface area contributed by atoms with E-state index in [0.717, 1.165) is 44.2 Å². The van der Waals surface area contributed by atoms with Gasteiger partial charge in [-0.25, -0.2) is 18.4 Å². The Kier molecular flexibility index (Phi) is 8.64. The third-order valence-corrected chi connectivity index (χ3v) is 6.95. The number of carbonyl (C=O) groups excluding carboxylic acids is 2. The average molecular weight is 525 g/mol. The molecule has 3 aromatic rings. The van der Waals surface area contributed by atoms with Crippen molar-refractivity contribution in [1.29, 1.82) is 0 Å². The first-order valence-corrected chi connectivity index (χ1v) is 13.3. The third-order valence-electron chi connectivity index (χ3n) is 5.76. The van der Waals surface area contributed by atoms with Crippen LogP contribution in [-0.2, 0) is 19.7 Å². The molecule has 0 spiro atoms. The smallest absolute Gasteiger partial charge is 0.327 e. The largest absolute Gasteiger partial charge is 0.370 e. The van der Waals surface area contributed by atoms with Crippen LogP contribution in [0.2, 0.25) is 0 Å². The third kappa shape index (κ3) is 7.24. The first-order valence-electron chi connectivity index (χ1n) is 11.8. The maximum absolute atomic E-state index is 12.5. The Labute approximate surface area is 215 Å². The topological polar surface area (TPSA) is 134 Å². The highest BCUT2D eigenvalue weighted by molar-refractivity contribution is 7.89. The first kappa shape index (κ1) is 26.0. The van der Waals surface area contributed by atoms with Gasteiger partial charge in [0.2, 0.25) is 5.95 Å². The Morgan fingerprint density at radius 1 is 0.865 bits per heavy atom. The fourth-order valence-electron chi connectivity index (χ4n) is 3.83. The van der Waals surface area contributed by atoms with Crippen molar-refractivity contribution < 1.29 is 22.8 Å². The molecule has 0 atom stereocenters. The molecule has 0 aliphatic carbocycles. The van der Waals surface area contributed by atoms with E-state index in [1.807, 2.05) is 12.1 Å². The molecule has 1 aliphatic rings. The van der Waals surface area contributed by atoms with Crippen molar-refractivity contribution in [2.45, 2.75) is 17.7 Å². The molecular weight excluding hydrogens is 496 g/mol. The van der Waals surface area contributed by atoms with Crippen LogP contribution >= 0.6 is 0 Å². The van der Waals surface area contributed by atoms with Crippen LogP contribution in [0.3, 0.4) is 0 Å². The summed E-state index contributed by atoms with van der Waals surface area (Å²) in [6, 6.07) is 16.6. The van der Waals surface area contributed by atoms with Crippen LogP contribution in [0.1, 0.15) is 23.2 Å². The SMILES string of the molecule is O=C(CCNC(=O)c1ccc(N2CCCN(c3ncccn3)CC2)cc1)ONS(=O)(=O)c1ccccc1. The summed E-state index contributed by atoms with van der Waals surface area (Å²) in [6.07, 6.45) is 4.24. The molecule has 11 nitrogen and oxygen atoms in total. The zero-order chi connectivity index (χ0) is 26.1. The standard InChI is InChI=1S/C25H28N6O5S/c32-23(36-29-37(34,35)22-6-2-1-3-7-22)12-15-26-24(33)20-8-10-21(11-9-20)30-16-5-17-31(19-18-30)25-27-13-4-14-28-25/h1-4,6-11,13-14,29H,5,12,15-19H2,(H,26,33). The minimum absolute atomic E-state index is 0.00397. The highest BCUT2D eigenvalue weighted by Gasteiger charge is 2.18. The van der Waals surface area contributed by atoms with Crippen LogP contribution in [0.4, 0.5) is 11.6 Å². The van der Waals surface area contributed by atoms with E-state index in [1.165, 1.54) is 12.1 Å². The zero-order valence-electron chi connectivity index (χ0n) is 20.1. The Morgan fingerprint density at radius 3 is 2.27 bits per heavy atom. The van der Waals surface area contributed by atoms with Crippen molar-refractivity contribution in [2.75, 3.05) is 42.5 Å². The Morgan fingerprint density at radius 2 is 1.54 bits per heavy atom. The molecule has 2 aromatic carbocycles. The quantitative estimate of drug-likeness (QED) is 0.402. The highest BCUT2D eigenvalue weighted by atomic mass is 32.2. The average Bonchev–Trinajstić information content (AvgIpc) is 3.19. The van der Waals surface area contributed by atoms with Crippen molar-refractivity contribution >= 4 is 33.5 Å². The summed E-state index contributed by atoms with van der Waals surface area (Å²) in [6.45, 7) is 3.35. The summed E-state index contributed by atoms with van der Waals surface area (Å²) in [4.78, 5) is 43.8. The summed E-state index contributed by atoms with van der Waals surface area (Å²) in [7, 11) is -3.97.